The Morgan fingerprint density at radius 1 is 1.43 bits per heavy atom. The Bertz CT molecular complexity index is 766. The number of nitrogens with one attached hydrogen (secondary N) is 1. The standard InChI is InChI=1S/C16H13Cl2FN2O2/c1-3-6-20-12-7-11(21-13(8-22)14(12)18)9-4-5-10(17)16(23-2)15(9)19/h3-5,7-8H,1,6H2,2H3,(H,20,21). The molecule has 0 aliphatic rings. The van der Waals surface area contributed by atoms with Crippen LogP contribution in [-0.4, -0.2) is 24.9 Å². The lowest BCUT2D eigenvalue weighted by Crippen LogP contribution is -2.03. The first-order chi connectivity index (χ1) is 11.0. The van der Waals surface area contributed by atoms with E-state index in [1.165, 1.54) is 19.2 Å². The summed E-state index contributed by atoms with van der Waals surface area (Å²) in [7, 11) is 1.32. The van der Waals surface area contributed by atoms with Crippen molar-refractivity contribution in [3.63, 3.8) is 0 Å². The van der Waals surface area contributed by atoms with Gasteiger partial charge in [-0.05, 0) is 18.2 Å². The van der Waals surface area contributed by atoms with Gasteiger partial charge in [-0.15, -0.1) is 6.58 Å². The molecule has 0 saturated carbocycles. The van der Waals surface area contributed by atoms with Gasteiger partial charge >= 0.3 is 0 Å². The van der Waals surface area contributed by atoms with Crippen LogP contribution in [0.5, 0.6) is 5.75 Å². The summed E-state index contributed by atoms with van der Waals surface area (Å²) in [4.78, 5) is 15.3. The molecule has 1 aromatic heterocycles. The van der Waals surface area contributed by atoms with E-state index in [4.69, 9.17) is 27.9 Å². The molecular weight excluding hydrogens is 342 g/mol. The van der Waals surface area contributed by atoms with Gasteiger partial charge < -0.3 is 10.1 Å². The minimum atomic E-state index is -0.665. The minimum Gasteiger partial charge on any atom is -0.492 e. The molecule has 0 radical (unpaired) electrons. The molecule has 4 nitrogen and oxygen atoms in total. The fraction of sp³-hybridized carbons (Fsp3) is 0.125. The van der Waals surface area contributed by atoms with E-state index in [1.54, 1.807) is 12.1 Å². The summed E-state index contributed by atoms with van der Waals surface area (Å²) >= 11 is 12.0. The quantitative estimate of drug-likeness (QED) is 0.607. The fourth-order valence-electron chi connectivity index (χ4n) is 1.99. The Balaban J connectivity index is 2.64. The first-order valence-electron chi connectivity index (χ1n) is 6.56. The van der Waals surface area contributed by atoms with Gasteiger partial charge in [-0.1, -0.05) is 29.3 Å². The van der Waals surface area contributed by atoms with E-state index in [0.29, 0.717) is 18.5 Å². The molecule has 0 saturated heterocycles. The van der Waals surface area contributed by atoms with Gasteiger partial charge in [0.1, 0.15) is 5.69 Å². The highest BCUT2D eigenvalue weighted by Crippen LogP contribution is 2.36. The highest BCUT2D eigenvalue weighted by molar-refractivity contribution is 6.35. The lowest BCUT2D eigenvalue weighted by Gasteiger charge is -2.13. The number of hydrogen-bond acceptors (Lipinski definition) is 4. The SMILES string of the molecule is C=CCNc1cc(-c2ccc(Cl)c(OC)c2F)nc(C=O)c1Cl. The molecule has 0 fully saturated rings. The van der Waals surface area contributed by atoms with Crippen molar-refractivity contribution in [3.8, 4) is 17.0 Å². The molecule has 7 heteroatoms. The average molecular weight is 355 g/mol. The summed E-state index contributed by atoms with van der Waals surface area (Å²) in [5.74, 6) is -0.754. The predicted molar refractivity (Wildman–Crippen MR) is 90.3 cm³/mol. The number of carbonyl (C=O) groups excluding carboxylic acids is 1. The number of halogens is 3. The fourth-order valence-corrected chi connectivity index (χ4v) is 2.42. The molecular formula is C16H13Cl2FN2O2. The molecule has 2 aromatic rings. The third-order valence-corrected chi connectivity index (χ3v) is 3.76. The maximum atomic E-state index is 14.5. The third kappa shape index (κ3) is 3.46. The molecule has 0 aliphatic carbocycles. The van der Waals surface area contributed by atoms with Crippen LogP contribution in [0.1, 0.15) is 10.5 Å². The van der Waals surface area contributed by atoms with E-state index in [9.17, 15) is 9.18 Å². The summed E-state index contributed by atoms with van der Waals surface area (Å²) in [5, 5.41) is 3.28. The van der Waals surface area contributed by atoms with E-state index in [0.717, 1.165) is 0 Å². The number of hydrogen-bond donors (Lipinski definition) is 1. The maximum Gasteiger partial charge on any atom is 0.175 e. The normalized spacial score (nSPS) is 10.3. The van der Waals surface area contributed by atoms with Crippen molar-refractivity contribution in [1.29, 1.82) is 0 Å². The summed E-state index contributed by atoms with van der Waals surface area (Å²) in [6.07, 6.45) is 2.14. The third-order valence-electron chi connectivity index (χ3n) is 3.06. The number of methoxy groups -OCH3 is 1. The first-order valence-corrected chi connectivity index (χ1v) is 7.31. The zero-order valence-corrected chi connectivity index (χ0v) is 13.7. The summed E-state index contributed by atoms with van der Waals surface area (Å²) in [6, 6.07) is 4.50. The highest BCUT2D eigenvalue weighted by atomic mass is 35.5. The van der Waals surface area contributed by atoms with E-state index in [2.05, 4.69) is 16.9 Å². The van der Waals surface area contributed by atoms with Crippen molar-refractivity contribution >= 4 is 35.2 Å². The molecule has 0 unspecified atom stereocenters. The number of anilines is 1. The molecule has 0 bridgehead atoms. The molecule has 2 rings (SSSR count). The number of benzene rings is 1. The number of aromatic nitrogens is 1. The van der Waals surface area contributed by atoms with Gasteiger partial charge in [0.2, 0.25) is 0 Å². The van der Waals surface area contributed by atoms with Crippen LogP contribution in [0.3, 0.4) is 0 Å². The molecule has 0 aliphatic heterocycles. The maximum absolute atomic E-state index is 14.5. The first kappa shape index (κ1) is 17.2. The van der Waals surface area contributed by atoms with E-state index in [1.807, 2.05) is 0 Å². The Morgan fingerprint density at radius 2 is 2.17 bits per heavy atom. The van der Waals surface area contributed by atoms with Gasteiger partial charge in [-0.2, -0.15) is 0 Å². The molecule has 0 atom stereocenters. The Labute approximate surface area is 142 Å². The van der Waals surface area contributed by atoms with Crippen molar-refractivity contribution in [2.45, 2.75) is 0 Å². The van der Waals surface area contributed by atoms with Gasteiger partial charge in [0, 0.05) is 12.1 Å². The smallest absolute Gasteiger partial charge is 0.175 e. The molecule has 1 aromatic carbocycles. The van der Waals surface area contributed by atoms with Crippen molar-refractivity contribution in [1.82, 2.24) is 4.98 Å². The van der Waals surface area contributed by atoms with Gasteiger partial charge in [-0.3, -0.25) is 4.79 Å². The zero-order chi connectivity index (χ0) is 17.0. The van der Waals surface area contributed by atoms with Crippen LogP contribution in [-0.2, 0) is 0 Å². The van der Waals surface area contributed by atoms with Crippen molar-refractivity contribution in [2.24, 2.45) is 0 Å². The summed E-state index contributed by atoms with van der Waals surface area (Å²) in [5.41, 5.74) is 0.833. The van der Waals surface area contributed by atoms with Crippen molar-refractivity contribution in [3.05, 3.63) is 52.4 Å². The number of pyridine rings is 1. The second-order valence-electron chi connectivity index (χ2n) is 4.48. The van der Waals surface area contributed by atoms with Crippen LogP contribution in [0.2, 0.25) is 10.0 Å². The highest BCUT2D eigenvalue weighted by Gasteiger charge is 2.18. The predicted octanol–water partition coefficient (Wildman–Crippen LogP) is 4.61. The van der Waals surface area contributed by atoms with E-state index in [-0.39, 0.29) is 32.7 Å². The van der Waals surface area contributed by atoms with Gasteiger partial charge in [0.25, 0.3) is 0 Å². The van der Waals surface area contributed by atoms with Crippen LogP contribution in [0, 0.1) is 5.82 Å². The van der Waals surface area contributed by atoms with Crippen LogP contribution >= 0.6 is 23.2 Å². The Morgan fingerprint density at radius 3 is 2.78 bits per heavy atom. The van der Waals surface area contributed by atoms with Crippen LogP contribution in [0.15, 0.2) is 30.9 Å². The van der Waals surface area contributed by atoms with Crippen molar-refractivity contribution < 1.29 is 13.9 Å². The van der Waals surface area contributed by atoms with E-state index >= 15 is 0 Å². The summed E-state index contributed by atoms with van der Waals surface area (Å²) < 4.78 is 19.5. The van der Waals surface area contributed by atoms with Gasteiger partial charge in [0.05, 0.1) is 28.5 Å². The van der Waals surface area contributed by atoms with Crippen LogP contribution in [0.25, 0.3) is 11.3 Å². The van der Waals surface area contributed by atoms with Gasteiger partial charge in [-0.25, -0.2) is 9.37 Å². The minimum absolute atomic E-state index is 0.00375. The second kappa shape index (κ2) is 7.44. The monoisotopic (exact) mass is 354 g/mol. The number of rotatable bonds is 6. The topological polar surface area (TPSA) is 51.2 Å². The molecule has 1 N–H and O–H groups in total. The average Bonchev–Trinajstić information content (AvgIpc) is 2.54. The summed E-state index contributed by atoms with van der Waals surface area (Å²) in [6.45, 7) is 4.02. The lowest BCUT2D eigenvalue weighted by atomic mass is 10.1. The molecule has 0 amide bonds. The molecule has 120 valence electrons. The van der Waals surface area contributed by atoms with Crippen molar-refractivity contribution in [2.75, 3.05) is 19.0 Å². The second-order valence-corrected chi connectivity index (χ2v) is 5.27. The number of aldehydes is 1. The lowest BCUT2D eigenvalue weighted by molar-refractivity contribution is 0.111. The number of nitrogens with zero attached hydrogens (tertiary/aromatic N) is 1. The molecule has 1 heterocycles. The Kier molecular flexibility index (Phi) is 5.58. The largest absolute Gasteiger partial charge is 0.492 e. The number of carbonyl (C=O) groups is 1. The Hall–Kier alpha value is -2.11. The van der Waals surface area contributed by atoms with Crippen LogP contribution in [0.4, 0.5) is 10.1 Å². The molecule has 0 spiro atoms. The number of ether oxygens (including phenoxy) is 1. The zero-order valence-electron chi connectivity index (χ0n) is 12.2. The van der Waals surface area contributed by atoms with Crippen LogP contribution < -0.4 is 10.1 Å². The van der Waals surface area contributed by atoms with Gasteiger partial charge in [0.15, 0.2) is 17.9 Å². The molecule has 23 heavy (non-hydrogen) atoms. The van der Waals surface area contributed by atoms with E-state index < -0.39 is 5.82 Å².